The molecule has 0 spiro atoms. The lowest BCUT2D eigenvalue weighted by Gasteiger charge is -2.20. The fourth-order valence-electron chi connectivity index (χ4n) is 3.74. The molecule has 1 aromatic carbocycles. The summed E-state index contributed by atoms with van der Waals surface area (Å²) in [4.78, 5) is 12.1. The molecule has 102 valence electrons. The van der Waals surface area contributed by atoms with Gasteiger partial charge in [0.2, 0.25) is 5.91 Å². The third-order valence-corrected chi connectivity index (χ3v) is 4.70. The van der Waals surface area contributed by atoms with E-state index < -0.39 is 0 Å². The molecule has 3 rings (SSSR count). The van der Waals surface area contributed by atoms with E-state index >= 15 is 0 Å². The van der Waals surface area contributed by atoms with Crippen LogP contribution in [0.5, 0.6) is 5.75 Å². The molecule has 3 heteroatoms. The average Bonchev–Trinajstić information content (AvgIpc) is 3.01. The van der Waals surface area contributed by atoms with Gasteiger partial charge in [0.15, 0.2) is 0 Å². The van der Waals surface area contributed by atoms with Crippen molar-refractivity contribution in [2.45, 2.75) is 32.1 Å². The van der Waals surface area contributed by atoms with Crippen LogP contribution in [-0.4, -0.2) is 17.6 Å². The monoisotopic (exact) mass is 259 g/mol. The lowest BCUT2D eigenvalue weighted by atomic mass is 9.88. The second-order valence-electron chi connectivity index (χ2n) is 5.99. The van der Waals surface area contributed by atoms with E-state index in [1.54, 1.807) is 12.1 Å². The quantitative estimate of drug-likeness (QED) is 0.872. The Bertz CT molecular complexity index is 472. The summed E-state index contributed by atoms with van der Waals surface area (Å²) in [6, 6.07) is 7.23. The van der Waals surface area contributed by atoms with Gasteiger partial charge in [-0.05, 0) is 55.2 Å². The molecular weight excluding hydrogens is 238 g/mol. The van der Waals surface area contributed by atoms with Gasteiger partial charge in [-0.3, -0.25) is 4.79 Å². The third kappa shape index (κ3) is 2.75. The van der Waals surface area contributed by atoms with Crippen LogP contribution in [0.25, 0.3) is 0 Å². The summed E-state index contributed by atoms with van der Waals surface area (Å²) in [7, 11) is 0. The summed E-state index contributed by atoms with van der Waals surface area (Å²) < 4.78 is 0. The van der Waals surface area contributed by atoms with Crippen LogP contribution in [-0.2, 0) is 11.2 Å². The molecule has 0 aromatic heterocycles. The first-order valence-electron chi connectivity index (χ1n) is 7.28. The fourth-order valence-corrected chi connectivity index (χ4v) is 3.74. The first kappa shape index (κ1) is 12.5. The van der Waals surface area contributed by atoms with Crippen molar-refractivity contribution in [3.05, 3.63) is 29.8 Å². The first-order valence-corrected chi connectivity index (χ1v) is 7.28. The van der Waals surface area contributed by atoms with Gasteiger partial charge in [-0.15, -0.1) is 0 Å². The van der Waals surface area contributed by atoms with E-state index in [9.17, 15) is 9.90 Å². The number of amides is 1. The molecule has 3 atom stereocenters. The highest BCUT2D eigenvalue weighted by molar-refractivity contribution is 5.79. The molecule has 0 aliphatic heterocycles. The number of hydrogen-bond acceptors (Lipinski definition) is 2. The number of carbonyl (C=O) groups excluding carboxylic acids is 1. The number of carbonyl (C=O) groups is 1. The molecule has 0 heterocycles. The summed E-state index contributed by atoms with van der Waals surface area (Å²) in [5, 5.41) is 12.4. The van der Waals surface area contributed by atoms with E-state index in [0.717, 1.165) is 24.3 Å². The van der Waals surface area contributed by atoms with Crippen molar-refractivity contribution in [2.75, 3.05) is 6.54 Å². The lowest BCUT2D eigenvalue weighted by Crippen LogP contribution is -2.34. The largest absolute Gasteiger partial charge is 0.508 e. The molecule has 1 aromatic rings. The van der Waals surface area contributed by atoms with Crippen LogP contribution >= 0.6 is 0 Å². The Morgan fingerprint density at radius 2 is 2.21 bits per heavy atom. The lowest BCUT2D eigenvalue weighted by molar-refractivity contribution is -0.126. The zero-order chi connectivity index (χ0) is 13.2. The minimum atomic E-state index is 0.243. The maximum Gasteiger partial charge on any atom is 0.223 e. The number of phenols is 1. The Labute approximate surface area is 114 Å². The van der Waals surface area contributed by atoms with Gasteiger partial charge in [0.1, 0.15) is 5.75 Å². The van der Waals surface area contributed by atoms with Gasteiger partial charge in [-0.2, -0.15) is 0 Å². The van der Waals surface area contributed by atoms with E-state index in [-0.39, 0.29) is 17.6 Å². The zero-order valence-electron chi connectivity index (χ0n) is 11.1. The van der Waals surface area contributed by atoms with Gasteiger partial charge >= 0.3 is 0 Å². The number of hydrogen-bond donors (Lipinski definition) is 2. The molecule has 3 unspecified atom stereocenters. The third-order valence-electron chi connectivity index (χ3n) is 4.70. The minimum absolute atomic E-state index is 0.243. The molecule has 0 radical (unpaired) electrons. The van der Waals surface area contributed by atoms with Gasteiger partial charge in [0, 0.05) is 12.5 Å². The standard InChI is InChI=1S/C16H21NO2/c18-14-3-1-2-11(9-14)6-7-17-16(19)15-10-12-4-5-13(15)8-12/h1-3,9,12-13,15,18H,4-8,10H2,(H,17,19). The maximum absolute atomic E-state index is 12.1. The predicted octanol–water partition coefficient (Wildman–Crippen LogP) is 2.49. The Hall–Kier alpha value is -1.51. The van der Waals surface area contributed by atoms with Gasteiger partial charge in [0.05, 0.1) is 0 Å². The summed E-state index contributed by atoms with van der Waals surface area (Å²) in [6.45, 7) is 0.663. The second kappa shape index (κ2) is 5.24. The van der Waals surface area contributed by atoms with Crippen LogP contribution in [0.2, 0.25) is 0 Å². The average molecular weight is 259 g/mol. The van der Waals surface area contributed by atoms with Crippen molar-refractivity contribution in [2.24, 2.45) is 17.8 Å². The van der Waals surface area contributed by atoms with E-state index in [4.69, 9.17) is 0 Å². The second-order valence-corrected chi connectivity index (χ2v) is 5.99. The van der Waals surface area contributed by atoms with Crippen LogP contribution in [0.4, 0.5) is 0 Å². The summed E-state index contributed by atoms with van der Waals surface area (Å²) in [6.07, 6.45) is 5.72. The van der Waals surface area contributed by atoms with Crippen LogP contribution in [0.3, 0.4) is 0 Å². The number of aromatic hydroxyl groups is 1. The number of rotatable bonds is 4. The van der Waals surface area contributed by atoms with Crippen molar-refractivity contribution >= 4 is 5.91 Å². The van der Waals surface area contributed by atoms with E-state index in [2.05, 4.69) is 5.32 Å². The summed E-state index contributed by atoms with van der Waals surface area (Å²) in [5.74, 6) is 2.25. The molecule has 0 saturated heterocycles. The Morgan fingerprint density at radius 3 is 2.89 bits per heavy atom. The molecule has 2 fully saturated rings. The van der Waals surface area contributed by atoms with Gasteiger partial charge in [-0.1, -0.05) is 18.6 Å². The van der Waals surface area contributed by atoms with Crippen molar-refractivity contribution in [1.82, 2.24) is 5.32 Å². The summed E-state index contributed by atoms with van der Waals surface area (Å²) in [5.41, 5.74) is 1.06. The van der Waals surface area contributed by atoms with Crippen LogP contribution < -0.4 is 5.32 Å². The number of phenolic OH excluding ortho intramolecular Hbond substituents is 1. The summed E-state index contributed by atoms with van der Waals surface area (Å²) >= 11 is 0. The Kier molecular flexibility index (Phi) is 3.45. The van der Waals surface area contributed by atoms with E-state index in [1.165, 1.54) is 19.3 Å². The molecule has 3 nitrogen and oxygen atoms in total. The normalized spacial score (nSPS) is 28.5. The number of benzene rings is 1. The zero-order valence-corrected chi connectivity index (χ0v) is 11.1. The topological polar surface area (TPSA) is 49.3 Å². The molecule has 2 N–H and O–H groups in total. The highest BCUT2D eigenvalue weighted by Crippen LogP contribution is 2.48. The van der Waals surface area contributed by atoms with Crippen LogP contribution in [0.1, 0.15) is 31.2 Å². The smallest absolute Gasteiger partial charge is 0.223 e. The van der Waals surface area contributed by atoms with Crippen molar-refractivity contribution < 1.29 is 9.90 Å². The minimum Gasteiger partial charge on any atom is -0.508 e. The SMILES string of the molecule is O=C(NCCc1cccc(O)c1)C1CC2CCC1C2. The van der Waals surface area contributed by atoms with Gasteiger partial charge < -0.3 is 10.4 Å². The fraction of sp³-hybridized carbons (Fsp3) is 0.562. The molecule has 19 heavy (non-hydrogen) atoms. The molecule has 2 bridgehead atoms. The number of fused-ring (bicyclic) bond motifs is 2. The van der Waals surface area contributed by atoms with Gasteiger partial charge in [0.25, 0.3) is 0 Å². The molecule has 2 aliphatic carbocycles. The molecule has 2 aliphatic rings. The molecule has 1 amide bonds. The number of nitrogens with one attached hydrogen (secondary N) is 1. The van der Waals surface area contributed by atoms with Crippen molar-refractivity contribution in [3.8, 4) is 5.75 Å². The van der Waals surface area contributed by atoms with Gasteiger partial charge in [-0.25, -0.2) is 0 Å². The Balaban J connectivity index is 1.46. The van der Waals surface area contributed by atoms with Crippen molar-refractivity contribution in [1.29, 1.82) is 0 Å². The maximum atomic E-state index is 12.1. The van der Waals surface area contributed by atoms with E-state index in [0.29, 0.717) is 12.5 Å². The van der Waals surface area contributed by atoms with Crippen LogP contribution in [0.15, 0.2) is 24.3 Å². The predicted molar refractivity (Wildman–Crippen MR) is 73.8 cm³/mol. The Morgan fingerprint density at radius 1 is 1.32 bits per heavy atom. The molecule has 2 saturated carbocycles. The van der Waals surface area contributed by atoms with Crippen molar-refractivity contribution in [3.63, 3.8) is 0 Å². The first-order chi connectivity index (χ1) is 9.22. The highest BCUT2D eigenvalue weighted by Gasteiger charge is 2.42. The van der Waals surface area contributed by atoms with Crippen LogP contribution in [0, 0.1) is 17.8 Å². The highest BCUT2D eigenvalue weighted by atomic mass is 16.3. The molecular formula is C16H21NO2. The van der Waals surface area contributed by atoms with E-state index in [1.807, 2.05) is 12.1 Å².